The number of carbonyl (C=O) groups excluding carboxylic acids is 2. The molecule has 0 aromatic heterocycles. The number of amides is 2. The van der Waals surface area contributed by atoms with Gasteiger partial charge in [-0.25, -0.2) is 9.28 Å². The zero-order chi connectivity index (χ0) is 20.7. The summed E-state index contributed by atoms with van der Waals surface area (Å²) >= 11 is 5.58. The molecule has 2 unspecified atom stereocenters. The van der Waals surface area contributed by atoms with Crippen LogP contribution in [0.5, 0.6) is 5.75 Å². The minimum Gasteiger partial charge on any atom is -0.484 e. The molecule has 2 N–H and O–H groups in total. The summed E-state index contributed by atoms with van der Waals surface area (Å²) in [4.78, 5) is 33.8. The summed E-state index contributed by atoms with van der Waals surface area (Å²) in [6, 6.07) is 3.94. The Morgan fingerprint density at radius 1 is 1.46 bits per heavy atom. The highest BCUT2D eigenvalue weighted by Gasteiger charge is 2.30. The first kappa shape index (κ1) is 22.1. The van der Waals surface area contributed by atoms with Crippen LogP contribution in [0.15, 0.2) is 30.5 Å². The lowest BCUT2D eigenvalue weighted by Crippen LogP contribution is -2.47. The minimum atomic E-state index is -0.692. The molecule has 10 heteroatoms. The van der Waals surface area contributed by atoms with Crippen LogP contribution >= 0.6 is 11.6 Å². The number of rotatable bonds is 8. The van der Waals surface area contributed by atoms with E-state index in [2.05, 4.69) is 17.2 Å². The molecule has 0 aliphatic carbocycles. The Hall–Kier alpha value is -2.20. The van der Waals surface area contributed by atoms with Crippen LogP contribution in [0.4, 0.5) is 4.39 Å². The first-order valence-corrected chi connectivity index (χ1v) is 9.03. The van der Waals surface area contributed by atoms with Crippen molar-refractivity contribution in [3.8, 4) is 5.75 Å². The van der Waals surface area contributed by atoms with Crippen molar-refractivity contribution in [1.29, 1.82) is 0 Å². The van der Waals surface area contributed by atoms with Gasteiger partial charge in [-0.1, -0.05) is 18.2 Å². The van der Waals surface area contributed by atoms with E-state index in [0.717, 1.165) is 6.07 Å². The van der Waals surface area contributed by atoms with Crippen LogP contribution in [0.2, 0.25) is 5.02 Å². The van der Waals surface area contributed by atoms with Crippen LogP contribution in [0.25, 0.3) is 0 Å². The van der Waals surface area contributed by atoms with Gasteiger partial charge in [0.2, 0.25) is 0 Å². The molecule has 1 heterocycles. The van der Waals surface area contributed by atoms with E-state index in [4.69, 9.17) is 26.2 Å². The highest BCUT2D eigenvalue weighted by molar-refractivity contribution is 6.30. The number of halogens is 2. The molecule has 1 aliphatic rings. The highest BCUT2D eigenvalue weighted by Crippen LogP contribution is 2.20. The second-order valence-corrected chi connectivity index (χ2v) is 6.75. The molecular formula is C18H23ClFN3O5. The van der Waals surface area contributed by atoms with Crippen LogP contribution < -0.4 is 15.4 Å². The quantitative estimate of drug-likeness (QED) is 0.631. The number of nitrogens with one attached hydrogen (secondary N) is 2. The number of nitrogens with zero attached hydrogens (tertiary/aromatic N) is 1. The Morgan fingerprint density at radius 2 is 2.21 bits per heavy atom. The normalized spacial score (nSPS) is 19.7. The van der Waals surface area contributed by atoms with Gasteiger partial charge in [-0.2, -0.15) is 5.06 Å². The van der Waals surface area contributed by atoms with E-state index in [0.29, 0.717) is 18.5 Å². The van der Waals surface area contributed by atoms with Gasteiger partial charge in [0.1, 0.15) is 11.6 Å². The highest BCUT2D eigenvalue weighted by atomic mass is 35.5. The second kappa shape index (κ2) is 10.4. The van der Waals surface area contributed by atoms with Gasteiger partial charge in [0.05, 0.1) is 5.02 Å². The first-order chi connectivity index (χ1) is 13.3. The van der Waals surface area contributed by atoms with E-state index < -0.39 is 17.8 Å². The number of benzene rings is 1. The van der Waals surface area contributed by atoms with Gasteiger partial charge in [-0.05, 0) is 19.1 Å². The molecule has 0 radical (unpaired) electrons. The molecule has 8 nitrogen and oxygen atoms in total. The average molecular weight is 416 g/mol. The standard InChI is InChI=1S/C18H23ClFN3O5/c1-11(6-7-21-18(25)16-8-12(2)23(3)28-27-16)22-17(24)10-26-13-4-5-14(19)15(20)9-13/h4-5,9,12,16H,1,6-8,10H2,2-3H3,(H,21,25)(H,22,24). The maximum absolute atomic E-state index is 13.3. The van der Waals surface area contributed by atoms with Gasteiger partial charge in [-0.3, -0.25) is 9.59 Å². The third-order valence-electron chi connectivity index (χ3n) is 4.05. The van der Waals surface area contributed by atoms with Crippen molar-refractivity contribution in [2.75, 3.05) is 20.2 Å². The molecule has 154 valence electrons. The van der Waals surface area contributed by atoms with Crippen LogP contribution in [0.1, 0.15) is 19.8 Å². The average Bonchev–Trinajstić information content (AvgIpc) is 2.64. The van der Waals surface area contributed by atoms with Gasteiger partial charge in [0.25, 0.3) is 11.8 Å². The van der Waals surface area contributed by atoms with Crippen LogP contribution in [-0.2, 0) is 19.5 Å². The van der Waals surface area contributed by atoms with E-state index >= 15 is 0 Å². The molecule has 2 atom stereocenters. The smallest absolute Gasteiger partial charge is 0.262 e. The number of hydrogen-bond acceptors (Lipinski definition) is 6. The Kier molecular flexibility index (Phi) is 8.18. The zero-order valence-corrected chi connectivity index (χ0v) is 16.4. The number of hydrogen-bond donors (Lipinski definition) is 2. The Bertz CT molecular complexity index is 733. The van der Waals surface area contributed by atoms with Crippen molar-refractivity contribution in [2.24, 2.45) is 0 Å². The van der Waals surface area contributed by atoms with Gasteiger partial charge in [0, 0.05) is 44.2 Å². The van der Waals surface area contributed by atoms with Crippen LogP contribution in [-0.4, -0.2) is 49.2 Å². The lowest BCUT2D eigenvalue weighted by molar-refractivity contribution is -0.464. The summed E-state index contributed by atoms with van der Waals surface area (Å²) < 4.78 is 18.5. The van der Waals surface area contributed by atoms with E-state index in [1.165, 1.54) is 17.2 Å². The SMILES string of the molecule is C=C(CCNC(=O)C1CC(C)N(C)OO1)NC(=O)COc1ccc(Cl)c(F)c1. The summed E-state index contributed by atoms with van der Waals surface area (Å²) in [6.45, 7) is 5.60. The van der Waals surface area contributed by atoms with E-state index in [1.54, 1.807) is 7.05 Å². The number of carbonyl (C=O) groups is 2. The predicted molar refractivity (Wildman–Crippen MR) is 99.6 cm³/mol. The summed E-state index contributed by atoms with van der Waals surface area (Å²) in [5, 5.41) is 6.75. The van der Waals surface area contributed by atoms with Gasteiger partial charge < -0.3 is 15.4 Å². The summed E-state index contributed by atoms with van der Waals surface area (Å²) in [7, 11) is 1.72. The first-order valence-electron chi connectivity index (χ1n) is 8.65. The summed E-state index contributed by atoms with van der Waals surface area (Å²) in [5.74, 6) is -1.20. The molecule has 0 spiro atoms. The van der Waals surface area contributed by atoms with Crippen molar-refractivity contribution in [3.63, 3.8) is 0 Å². The minimum absolute atomic E-state index is 0.0288. The molecule has 2 rings (SSSR count). The van der Waals surface area contributed by atoms with Crippen LogP contribution in [0.3, 0.4) is 0 Å². The molecule has 1 aromatic carbocycles. The number of ether oxygens (including phenoxy) is 1. The predicted octanol–water partition coefficient (Wildman–Crippen LogP) is 1.95. The molecule has 1 aromatic rings. The number of hydroxylamine groups is 2. The molecule has 28 heavy (non-hydrogen) atoms. The fraction of sp³-hybridized carbons (Fsp3) is 0.444. The van der Waals surface area contributed by atoms with Crippen LogP contribution in [0, 0.1) is 5.82 Å². The monoisotopic (exact) mass is 415 g/mol. The molecule has 0 saturated carbocycles. The van der Waals surface area contributed by atoms with E-state index in [9.17, 15) is 14.0 Å². The summed E-state index contributed by atoms with van der Waals surface area (Å²) in [5.41, 5.74) is 0.408. The third-order valence-corrected chi connectivity index (χ3v) is 4.35. The Labute approximate surface area is 167 Å². The Balaban J connectivity index is 1.64. The fourth-order valence-electron chi connectivity index (χ4n) is 2.30. The fourth-order valence-corrected chi connectivity index (χ4v) is 2.42. The van der Waals surface area contributed by atoms with Gasteiger partial charge in [0.15, 0.2) is 12.7 Å². The van der Waals surface area contributed by atoms with Crippen molar-refractivity contribution in [2.45, 2.75) is 31.9 Å². The Morgan fingerprint density at radius 3 is 2.89 bits per heavy atom. The lowest BCUT2D eigenvalue weighted by atomic mass is 10.1. The largest absolute Gasteiger partial charge is 0.484 e. The molecular weight excluding hydrogens is 393 g/mol. The van der Waals surface area contributed by atoms with E-state index in [1.807, 2.05) is 6.92 Å². The second-order valence-electron chi connectivity index (χ2n) is 6.35. The maximum Gasteiger partial charge on any atom is 0.262 e. The zero-order valence-electron chi connectivity index (χ0n) is 15.7. The molecule has 0 bridgehead atoms. The molecule has 2 amide bonds. The van der Waals surface area contributed by atoms with Crippen molar-refractivity contribution >= 4 is 23.4 Å². The van der Waals surface area contributed by atoms with E-state index in [-0.39, 0.29) is 35.9 Å². The summed E-state index contributed by atoms with van der Waals surface area (Å²) in [6.07, 6.45) is 0.140. The lowest BCUT2D eigenvalue weighted by Gasteiger charge is -2.31. The third kappa shape index (κ3) is 6.75. The maximum atomic E-state index is 13.3. The van der Waals surface area contributed by atoms with Gasteiger partial charge >= 0.3 is 0 Å². The topological polar surface area (TPSA) is 89.1 Å². The molecule has 1 aliphatic heterocycles. The molecule has 1 fully saturated rings. The molecule has 1 saturated heterocycles. The van der Waals surface area contributed by atoms with Crippen molar-refractivity contribution < 1.29 is 28.6 Å². The van der Waals surface area contributed by atoms with Crippen molar-refractivity contribution in [3.05, 3.63) is 41.3 Å². The van der Waals surface area contributed by atoms with Crippen molar-refractivity contribution in [1.82, 2.24) is 15.7 Å². The van der Waals surface area contributed by atoms with Gasteiger partial charge in [-0.15, -0.1) is 4.99 Å².